The number of anilines is 1. The average Bonchev–Trinajstić information content (AvgIpc) is 2.45. The van der Waals surface area contributed by atoms with Gasteiger partial charge in [0.05, 0.1) is 24.0 Å². The second kappa shape index (κ2) is 8.18. The van der Waals surface area contributed by atoms with Crippen LogP contribution in [0.4, 0.5) is 14.9 Å². The zero-order valence-electron chi connectivity index (χ0n) is 11.7. The molecule has 1 atom stereocenters. The molecule has 0 heterocycles. The molecule has 0 spiro atoms. The van der Waals surface area contributed by atoms with Gasteiger partial charge in [-0.15, -0.1) is 0 Å². The van der Waals surface area contributed by atoms with Crippen LogP contribution in [0.2, 0.25) is 0 Å². The summed E-state index contributed by atoms with van der Waals surface area (Å²) in [5, 5.41) is 13.6. The maximum atomic E-state index is 13.6. The van der Waals surface area contributed by atoms with Crippen molar-refractivity contribution in [2.75, 3.05) is 32.7 Å². The lowest BCUT2D eigenvalue weighted by atomic mass is 10.1. The van der Waals surface area contributed by atoms with E-state index in [-0.39, 0.29) is 30.5 Å². The second-order valence-electron chi connectivity index (χ2n) is 4.12. The first-order valence-corrected chi connectivity index (χ1v) is 6.08. The number of aromatic carboxylic acids is 1. The van der Waals surface area contributed by atoms with Crippen LogP contribution in [0.1, 0.15) is 10.4 Å². The normalized spacial score (nSPS) is 11.8. The highest BCUT2D eigenvalue weighted by molar-refractivity contribution is 6.00. The van der Waals surface area contributed by atoms with E-state index in [0.29, 0.717) is 0 Å². The molecule has 1 unspecified atom stereocenters. The zero-order chi connectivity index (χ0) is 15.8. The first-order chi connectivity index (χ1) is 9.99. The lowest BCUT2D eigenvalue weighted by Gasteiger charge is -2.16. The first-order valence-electron chi connectivity index (χ1n) is 6.08. The highest BCUT2D eigenvalue weighted by atomic mass is 19.1. The maximum absolute atomic E-state index is 13.6. The molecule has 0 saturated heterocycles. The molecular weight excluding hydrogens is 283 g/mol. The number of ether oxygens (including phenoxy) is 2. The number of halogens is 1. The molecule has 21 heavy (non-hydrogen) atoms. The Balaban J connectivity index is 2.69. The van der Waals surface area contributed by atoms with E-state index in [0.717, 1.165) is 6.07 Å². The Morgan fingerprint density at radius 2 is 2.10 bits per heavy atom. The van der Waals surface area contributed by atoms with Crippen molar-refractivity contribution in [2.45, 2.75) is 6.10 Å². The van der Waals surface area contributed by atoms with Crippen LogP contribution in [0.3, 0.4) is 0 Å². The quantitative estimate of drug-likeness (QED) is 0.705. The summed E-state index contributed by atoms with van der Waals surface area (Å²) in [6, 6.07) is 2.77. The molecule has 1 aromatic carbocycles. The van der Waals surface area contributed by atoms with E-state index >= 15 is 0 Å². The van der Waals surface area contributed by atoms with Crippen molar-refractivity contribution in [3.05, 3.63) is 29.6 Å². The van der Waals surface area contributed by atoms with Gasteiger partial charge in [0.1, 0.15) is 5.82 Å². The van der Waals surface area contributed by atoms with Crippen LogP contribution in [0.15, 0.2) is 18.2 Å². The van der Waals surface area contributed by atoms with E-state index < -0.39 is 17.8 Å². The third kappa shape index (κ3) is 5.01. The van der Waals surface area contributed by atoms with Crippen LogP contribution < -0.4 is 10.6 Å². The molecule has 0 radical (unpaired) electrons. The molecule has 0 fully saturated rings. The number of carbonyl (C=O) groups is 2. The van der Waals surface area contributed by atoms with Crippen molar-refractivity contribution in [3.8, 4) is 0 Å². The van der Waals surface area contributed by atoms with Crippen molar-refractivity contribution in [3.63, 3.8) is 0 Å². The van der Waals surface area contributed by atoms with E-state index in [4.69, 9.17) is 14.6 Å². The number of amides is 2. The Kier molecular flexibility index (Phi) is 6.57. The molecular formula is C13H17FN2O5. The highest BCUT2D eigenvalue weighted by Gasteiger charge is 2.17. The first kappa shape index (κ1) is 16.9. The van der Waals surface area contributed by atoms with Gasteiger partial charge in [0, 0.05) is 20.8 Å². The number of carboxylic acids is 1. The summed E-state index contributed by atoms with van der Waals surface area (Å²) in [5.74, 6) is -2.16. The van der Waals surface area contributed by atoms with Gasteiger partial charge in [-0.2, -0.15) is 0 Å². The molecule has 1 rings (SSSR count). The Labute approximate surface area is 121 Å². The summed E-state index contributed by atoms with van der Waals surface area (Å²) in [6.45, 7) is 0.407. The number of carbonyl (C=O) groups excluding carboxylic acids is 1. The van der Waals surface area contributed by atoms with Crippen LogP contribution in [0.5, 0.6) is 0 Å². The fourth-order valence-electron chi connectivity index (χ4n) is 1.59. The minimum Gasteiger partial charge on any atom is -0.478 e. The van der Waals surface area contributed by atoms with Gasteiger partial charge in [-0.1, -0.05) is 6.07 Å². The largest absolute Gasteiger partial charge is 0.478 e. The van der Waals surface area contributed by atoms with Gasteiger partial charge in [-0.25, -0.2) is 14.0 Å². The number of rotatable bonds is 7. The number of hydrogen-bond acceptors (Lipinski definition) is 4. The summed E-state index contributed by atoms with van der Waals surface area (Å²) in [5.41, 5.74) is -0.714. The van der Waals surface area contributed by atoms with Crippen molar-refractivity contribution in [1.82, 2.24) is 5.32 Å². The fraction of sp³-hybridized carbons (Fsp3) is 0.385. The van der Waals surface area contributed by atoms with Crippen LogP contribution in [-0.4, -0.2) is 50.6 Å². The van der Waals surface area contributed by atoms with Crippen LogP contribution >= 0.6 is 0 Å². The lowest BCUT2D eigenvalue weighted by molar-refractivity contribution is 0.0307. The van der Waals surface area contributed by atoms with Crippen LogP contribution in [0.25, 0.3) is 0 Å². The monoisotopic (exact) mass is 300 g/mol. The Hall–Kier alpha value is -2.19. The van der Waals surface area contributed by atoms with Gasteiger partial charge >= 0.3 is 12.0 Å². The number of methoxy groups -OCH3 is 2. The Morgan fingerprint density at radius 1 is 1.38 bits per heavy atom. The highest BCUT2D eigenvalue weighted by Crippen LogP contribution is 2.19. The summed E-state index contributed by atoms with van der Waals surface area (Å²) in [4.78, 5) is 22.7. The predicted molar refractivity (Wildman–Crippen MR) is 73.1 cm³/mol. The number of nitrogens with one attached hydrogen (secondary N) is 2. The van der Waals surface area contributed by atoms with E-state index in [1.54, 1.807) is 0 Å². The summed E-state index contributed by atoms with van der Waals surface area (Å²) in [7, 11) is 2.95. The van der Waals surface area contributed by atoms with Gasteiger partial charge in [-0.05, 0) is 12.1 Å². The van der Waals surface area contributed by atoms with Gasteiger partial charge in [0.15, 0.2) is 0 Å². The van der Waals surface area contributed by atoms with Crippen LogP contribution in [0, 0.1) is 5.82 Å². The number of urea groups is 1. The molecule has 0 aliphatic heterocycles. The molecule has 0 bridgehead atoms. The van der Waals surface area contributed by atoms with Crippen molar-refractivity contribution in [2.24, 2.45) is 0 Å². The van der Waals surface area contributed by atoms with Gasteiger partial charge in [0.25, 0.3) is 0 Å². The van der Waals surface area contributed by atoms with Gasteiger partial charge in [-0.3, -0.25) is 0 Å². The minimum atomic E-state index is -1.33. The molecule has 116 valence electrons. The number of carboxylic acid groups (broad SMARTS) is 1. The number of benzene rings is 1. The van der Waals surface area contributed by atoms with Crippen molar-refractivity contribution < 1.29 is 28.6 Å². The summed E-state index contributed by atoms with van der Waals surface area (Å²) < 4.78 is 23.5. The SMILES string of the molecule is COCC(CNC(=O)Nc1c(F)cccc1C(=O)O)OC. The topological polar surface area (TPSA) is 96.9 Å². The van der Waals surface area contributed by atoms with Crippen LogP contribution in [-0.2, 0) is 9.47 Å². The summed E-state index contributed by atoms with van der Waals surface area (Å²) >= 11 is 0. The van der Waals surface area contributed by atoms with E-state index in [9.17, 15) is 14.0 Å². The average molecular weight is 300 g/mol. The van der Waals surface area contributed by atoms with E-state index in [1.807, 2.05) is 0 Å². The zero-order valence-corrected chi connectivity index (χ0v) is 11.7. The van der Waals surface area contributed by atoms with Gasteiger partial charge in [0.2, 0.25) is 0 Å². The Morgan fingerprint density at radius 3 is 2.67 bits per heavy atom. The number of hydrogen-bond donors (Lipinski definition) is 3. The third-order valence-corrected chi connectivity index (χ3v) is 2.66. The minimum absolute atomic E-state index is 0.132. The predicted octanol–water partition coefficient (Wildman–Crippen LogP) is 1.31. The molecule has 1 aromatic rings. The molecule has 0 aliphatic carbocycles. The maximum Gasteiger partial charge on any atom is 0.337 e. The van der Waals surface area contributed by atoms with E-state index in [1.165, 1.54) is 26.4 Å². The summed E-state index contributed by atoms with van der Waals surface area (Å²) in [6.07, 6.45) is -0.361. The molecule has 3 N–H and O–H groups in total. The molecule has 8 heteroatoms. The van der Waals surface area contributed by atoms with Crippen molar-refractivity contribution >= 4 is 17.7 Å². The second-order valence-corrected chi connectivity index (χ2v) is 4.12. The van der Waals surface area contributed by atoms with E-state index in [2.05, 4.69) is 10.6 Å². The standard InChI is InChI=1S/C13H17FN2O5/c1-20-7-8(21-2)6-15-13(19)16-11-9(12(17)18)4-3-5-10(11)14/h3-5,8H,6-7H2,1-2H3,(H,17,18)(H2,15,16,19). The Bertz CT molecular complexity index is 509. The fourth-order valence-corrected chi connectivity index (χ4v) is 1.59. The lowest BCUT2D eigenvalue weighted by Crippen LogP contribution is -2.38. The molecule has 2 amide bonds. The molecule has 0 saturated carbocycles. The smallest absolute Gasteiger partial charge is 0.337 e. The number of para-hydroxylation sites is 1. The van der Waals surface area contributed by atoms with Gasteiger partial charge < -0.3 is 25.2 Å². The van der Waals surface area contributed by atoms with Crippen molar-refractivity contribution in [1.29, 1.82) is 0 Å². The molecule has 7 nitrogen and oxygen atoms in total. The molecule has 0 aliphatic rings. The molecule has 0 aromatic heterocycles. The third-order valence-electron chi connectivity index (χ3n) is 2.66.